The first kappa shape index (κ1) is 13.9. The van der Waals surface area contributed by atoms with Gasteiger partial charge in [-0.15, -0.1) is 0 Å². The van der Waals surface area contributed by atoms with Gasteiger partial charge in [-0.3, -0.25) is 0 Å². The van der Waals surface area contributed by atoms with Crippen molar-refractivity contribution >= 4 is 11.6 Å². The van der Waals surface area contributed by atoms with Crippen molar-refractivity contribution in [1.29, 1.82) is 0 Å². The normalized spacial score (nSPS) is 25.9. The van der Waals surface area contributed by atoms with Crippen LogP contribution in [0.2, 0.25) is 5.02 Å². The summed E-state index contributed by atoms with van der Waals surface area (Å²) in [7, 11) is 2.01. The van der Waals surface area contributed by atoms with Crippen LogP contribution in [0.15, 0.2) is 24.3 Å². The van der Waals surface area contributed by atoms with Gasteiger partial charge in [0.15, 0.2) is 0 Å². The van der Waals surface area contributed by atoms with Gasteiger partial charge in [-0.2, -0.15) is 0 Å². The molecule has 2 rings (SSSR count). The third-order valence-corrected chi connectivity index (χ3v) is 4.15. The summed E-state index contributed by atoms with van der Waals surface area (Å²) < 4.78 is 6.03. The standard InChI is InChI=1S/C15H22ClNO/c1-15(8-3-4-9-18-15)14(17-2)11-12-6-5-7-13(16)10-12/h5-7,10,14,17H,3-4,8-9,11H2,1-2H3. The average Bonchev–Trinajstić information content (AvgIpc) is 2.37. The molecule has 2 nitrogen and oxygen atoms in total. The molecule has 1 aromatic rings. The summed E-state index contributed by atoms with van der Waals surface area (Å²) in [6.45, 7) is 3.10. The Bertz CT molecular complexity index is 388. The van der Waals surface area contributed by atoms with Crippen molar-refractivity contribution in [3.05, 3.63) is 34.9 Å². The van der Waals surface area contributed by atoms with Gasteiger partial charge in [-0.1, -0.05) is 23.7 Å². The number of halogens is 1. The second-order valence-corrected chi connectivity index (χ2v) is 5.73. The molecule has 0 aliphatic carbocycles. The first-order valence-electron chi connectivity index (χ1n) is 6.70. The van der Waals surface area contributed by atoms with Crippen molar-refractivity contribution in [3.63, 3.8) is 0 Å². The molecule has 1 heterocycles. The Balaban J connectivity index is 2.09. The monoisotopic (exact) mass is 267 g/mol. The summed E-state index contributed by atoms with van der Waals surface area (Å²) in [6.07, 6.45) is 4.51. The van der Waals surface area contributed by atoms with Crippen LogP contribution in [0.1, 0.15) is 31.7 Å². The van der Waals surface area contributed by atoms with Gasteiger partial charge in [0, 0.05) is 17.7 Å². The summed E-state index contributed by atoms with van der Waals surface area (Å²) >= 11 is 6.04. The van der Waals surface area contributed by atoms with E-state index in [9.17, 15) is 0 Å². The van der Waals surface area contributed by atoms with Crippen molar-refractivity contribution < 1.29 is 4.74 Å². The topological polar surface area (TPSA) is 21.3 Å². The highest BCUT2D eigenvalue weighted by Crippen LogP contribution is 2.29. The minimum absolute atomic E-state index is 0.0602. The molecule has 1 aromatic carbocycles. The molecule has 100 valence electrons. The van der Waals surface area contributed by atoms with E-state index in [1.807, 2.05) is 25.2 Å². The molecule has 1 aliphatic heterocycles. The number of ether oxygens (including phenoxy) is 1. The van der Waals surface area contributed by atoms with Crippen LogP contribution in [-0.4, -0.2) is 25.3 Å². The number of benzene rings is 1. The SMILES string of the molecule is CNC(Cc1cccc(Cl)c1)C1(C)CCCCO1. The summed E-state index contributed by atoms with van der Waals surface area (Å²) in [6, 6.07) is 8.42. The number of hydrogen-bond acceptors (Lipinski definition) is 2. The Hall–Kier alpha value is -0.570. The molecule has 3 heteroatoms. The van der Waals surface area contributed by atoms with Crippen LogP contribution < -0.4 is 5.32 Å². The molecule has 2 unspecified atom stereocenters. The van der Waals surface area contributed by atoms with E-state index in [4.69, 9.17) is 16.3 Å². The van der Waals surface area contributed by atoms with Gasteiger partial charge in [0.25, 0.3) is 0 Å². The molecule has 0 spiro atoms. The Morgan fingerprint density at radius 3 is 2.89 bits per heavy atom. The van der Waals surface area contributed by atoms with Crippen LogP contribution in [0.25, 0.3) is 0 Å². The molecule has 1 fully saturated rings. The van der Waals surface area contributed by atoms with Gasteiger partial charge in [0.05, 0.1) is 5.60 Å². The fourth-order valence-corrected chi connectivity index (χ4v) is 2.97. The van der Waals surface area contributed by atoms with Crippen molar-refractivity contribution in [1.82, 2.24) is 5.32 Å². The molecule has 0 amide bonds. The van der Waals surface area contributed by atoms with Crippen LogP contribution in [0, 0.1) is 0 Å². The first-order chi connectivity index (χ1) is 8.64. The predicted molar refractivity (Wildman–Crippen MR) is 76.2 cm³/mol. The molecule has 0 saturated carbocycles. The van der Waals surface area contributed by atoms with Crippen LogP contribution in [0.4, 0.5) is 0 Å². The summed E-state index contributed by atoms with van der Waals surface area (Å²) in [5.41, 5.74) is 1.20. The zero-order valence-corrected chi connectivity index (χ0v) is 12.0. The minimum atomic E-state index is -0.0602. The summed E-state index contributed by atoms with van der Waals surface area (Å²) in [5.74, 6) is 0. The van der Waals surface area contributed by atoms with Crippen molar-refractivity contribution in [2.24, 2.45) is 0 Å². The maximum absolute atomic E-state index is 6.04. The van der Waals surface area contributed by atoms with Gasteiger partial charge in [0.2, 0.25) is 0 Å². The van der Waals surface area contributed by atoms with Gasteiger partial charge >= 0.3 is 0 Å². The summed E-state index contributed by atoms with van der Waals surface area (Å²) in [5, 5.41) is 4.21. The number of likely N-dealkylation sites (N-methyl/N-ethyl adjacent to an activating group) is 1. The van der Waals surface area contributed by atoms with Gasteiger partial charge < -0.3 is 10.1 Å². The fourth-order valence-electron chi connectivity index (χ4n) is 2.75. The fraction of sp³-hybridized carbons (Fsp3) is 0.600. The molecule has 1 saturated heterocycles. The highest BCUT2D eigenvalue weighted by Gasteiger charge is 2.35. The largest absolute Gasteiger partial charge is 0.374 e. The molecular formula is C15H22ClNO. The van der Waals surface area contributed by atoms with Crippen molar-refractivity contribution in [2.45, 2.75) is 44.2 Å². The Kier molecular flexibility index (Phi) is 4.66. The molecule has 1 aliphatic rings. The van der Waals surface area contributed by atoms with E-state index in [0.717, 1.165) is 24.5 Å². The average molecular weight is 268 g/mol. The Labute approximate surface area is 115 Å². The minimum Gasteiger partial charge on any atom is -0.374 e. The van der Waals surface area contributed by atoms with Crippen LogP contribution in [0.5, 0.6) is 0 Å². The number of nitrogens with one attached hydrogen (secondary N) is 1. The van der Waals surface area contributed by atoms with Gasteiger partial charge in [-0.25, -0.2) is 0 Å². The number of rotatable bonds is 4. The molecular weight excluding hydrogens is 246 g/mol. The highest BCUT2D eigenvalue weighted by molar-refractivity contribution is 6.30. The van der Waals surface area contributed by atoms with Crippen molar-refractivity contribution in [2.75, 3.05) is 13.7 Å². The van der Waals surface area contributed by atoms with E-state index in [1.54, 1.807) is 0 Å². The van der Waals surface area contributed by atoms with Crippen LogP contribution >= 0.6 is 11.6 Å². The summed E-state index contributed by atoms with van der Waals surface area (Å²) in [4.78, 5) is 0. The van der Waals surface area contributed by atoms with Crippen LogP contribution in [0.3, 0.4) is 0 Å². The maximum Gasteiger partial charge on any atom is 0.0809 e. The number of hydrogen-bond donors (Lipinski definition) is 1. The second-order valence-electron chi connectivity index (χ2n) is 5.29. The molecule has 18 heavy (non-hydrogen) atoms. The molecule has 0 aromatic heterocycles. The lowest BCUT2D eigenvalue weighted by Crippen LogP contribution is -2.52. The maximum atomic E-state index is 6.04. The van der Waals surface area contributed by atoms with Gasteiger partial charge in [0.1, 0.15) is 0 Å². The molecule has 2 atom stereocenters. The third-order valence-electron chi connectivity index (χ3n) is 3.91. The van der Waals surface area contributed by atoms with Crippen LogP contribution in [-0.2, 0) is 11.2 Å². The van der Waals surface area contributed by atoms with E-state index < -0.39 is 0 Å². The van der Waals surface area contributed by atoms with Gasteiger partial charge in [-0.05, 0) is 57.4 Å². The van der Waals surface area contributed by atoms with E-state index in [0.29, 0.717) is 6.04 Å². The predicted octanol–water partition coefficient (Wildman–Crippen LogP) is 3.43. The Morgan fingerprint density at radius 1 is 1.44 bits per heavy atom. The first-order valence-corrected chi connectivity index (χ1v) is 7.07. The Morgan fingerprint density at radius 2 is 2.28 bits per heavy atom. The van der Waals surface area contributed by atoms with E-state index in [1.165, 1.54) is 18.4 Å². The molecule has 1 N–H and O–H groups in total. The van der Waals surface area contributed by atoms with Crippen molar-refractivity contribution in [3.8, 4) is 0 Å². The van der Waals surface area contributed by atoms with E-state index in [-0.39, 0.29) is 5.60 Å². The smallest absolute Gasteiger partial charge is 0.0809 e. The lowest BCUT2D eigenvalue weighted by Gasteiger charge is -2.40. The lowest BCUT2D eigenvalue weighted by molar-refractivity contribution is -0.0870. The highest BCUT2D eigenvalue weighted by atomic mass is 35.5. The lowest BCUT2D eigenvalue weighted by atomic mass is 9.85. The zero-order valence-electron chi connectivity index (χ0n) is 11.2. The molecule has 0 radical (unpaired) electrons. The van der Waals surface area contributed by atoms with E-state index in [2.05, 4.69) is 18.3 Å². The van der Waals surface area contributed by atoms with E-state index >= 15 is 0 Å². The molecule has 0 bridgehead atoms. The quantitative estimate of drug-likeness (QED) is 0.903. The second kappa shape index (κ2) is 6.05. The third kappa shape index (κ3) is 3.25. The zero-order chi connectivity index (χ0) is 13.0.